The van der Waals surface area contributed by atoms with E-state index in [-0.39, 0.29) is 24.8 Å². The lowest BCUT2D eigenvalue weighted by Crippen LogP contribution is -2.40. The molecule has 2 rings (SSSR count). The molecule has 3 nitrogen and oxygen atoms in total. The van der Waals surface area contributed by atoms with Crippen molar-refractivity contribution in [3.63, 3.8) is 0 Å². The van der Waals surface area contributed by atoms with Crippen LogP contribution in [0.25, 0.3) is 0 Å². The molecule has 0 bridgehead atoms. The van der Waals surface area contributed by atoms with Gasteiger partial charge in [0.05, 0.1) is 0 Å². The smallest absolute Gasteiger partial charge is 0.0300 e. The lowest BCUT2D eigenvalue weighted by Gasteiger charge is -2.26. The third-order valence-corrected chi connectivity index (χ3v) is 3.45. The molecule has 104 valence electrons. The molecule has 2 N–H and O–H groups in total. The normalized spacial score (nSPS) is 15.7. The fraction of sp³-hybridized carbons (Fsp3) is 0.615. The van der Waals surface area contributed by atoms with Gasteiger partial charge in [-0.2, -0.15) is 0 Å². The molecule has 0 aliphatic heterocycles. The zero-order valence-corrected chi connectivity index (χ0v) is 12.4. The maximum atomic E-state index is 5.83. The fourth-order valence-corrected chi connectivity index (χ4v) is 2.23. The third kappa shape index (κ3) is 5.11. The summed E-state index contributed by atoms with van der Waals surface area (Å²) in [5.74, 6) is 0.851. The highest BCUT2D eigenvalue weighted by Gasteiger charge is 2.32. The van der Waals surface area contributed by atoms with Crippen molar-refractivity contribution in [2.75, 3.05) is 20.1 Å². The maximum Gasteiger partial charge on any atom is 0.0300 e. The molecule has 18 heavy (non-hydrogen) atoms. The van der Waals surface area contributed by atoms with E-state index in [1.54, 1.807) is 0 Å². The largest absolute Gasteiger partial charge is 0.329 e. The molecule has 5 heteroatoms. The van der Waals surface area contributed by atoms with E-state index in [4.69, 9.17) is 5.73 Å². The van der Waals surface area contributed by atoms with Crippen LogP contribution in [0.3, 0.4) is 0 Å². The Balaban J connectivity index is 0.00000144. The highest BCUT2D eigenvalue weighted by Crippen LogP contribution is 2.34. The minimum Gasteiger partial charge on any atom is -0.329 e. The standard InChI is InChI=1S/C13H21N3.2ClH/c1-16(13(9-14)12-4-5-12)8-6-11-3-2-7-15-10-11;;/h2-3,7,10,12-13H,4-6,8-9,14H2,1H3;2*1H. The van der Waals surface area contributed by atoms with Crippen LogP contribution in [-0.4, -0.2) is 36.1 Å². The zero-order chi connectivity index (χ0) is 11.4. The number of halogens is 2. The summed E-state index contributed by atoms with van der Waals surface area (Å²) < 4.78 is 0. The molecule has 1 saturated carbocycles. The van der Waals surface area contributed by atoms with Crippen LogP contribution in [0.4, 0.5) is 0 Å². The van der Waals surface area contributed by atoms with Crippen LogP contribution in [0.5, 0.6) is 0 Å². The summed E-state index contributed by atoms with van der Waals surface area (Å²) in [6.07, 6.45) is 7.55. The third-order valence-electron chi connectivity index (χ3n) is 3.45. The van der Waals surface area contributed by atoms with E-state index in [1.165, 1.54) is 18.4 Å². The minimum atomic E-state index is 0. The number of pyridine rings is 1. The summed E-state index contributed by atoms with van der Waals surface area (Å²) in [6, 6.07) is 4.71. The second kappa shape index (κ2) is 8.70. The Kier molecular flexibility index (Phi) is 8.53. The van der Waals surface area contributed by atoms with Crippen molar-refractivity contribution >= 4 is 24.8 Å². The zero-order valence-electron chi connectivity index (χ0n) is 10.8. The molecular weight excluding hydrogens is 269 g/mol. The first-order chi connectivity index (χ1) is 7.81. The summed E-state index contributed by atoms with van der Waals surface area (Å²) in [7, 11) is 2.19. The van der Waals surface area contributed by atoms with Gasteiger partial charge in [-0.15, -0.1) is 24.8 Å². The van der Waals surface area contributed by atoms with Crippen LogP contribution < -0.4 is 5.73 Å². The van der Waals surface area contributed by atoms with Gasteiger partial charge in [0.1, 0.15) is 0 Å². The predicted octanol–water partition coefficient (Wildman–Crippen LogP) is 2.14. The molecular formula is C13H23Cl2N3. The average molecular weight is 292 g/mol. The summed E-state index contributed by atoms with van der Waals surface area (Å²) in [4.78, 5) is 6.54. The lowest BCUT2D eigenvalue weighted by molar-refractivity contribution is 0.226. The molecule has 1 aliphatic rings. The number of hydrogen-bond acceptors (Lipinski definition) is 3. The van der Waals surface area contributed by atoms with E-state index >= 15 is 0 Å². The van der Waals surface area contributed by atoms with Crippen molar-refractivity contribution in [1.29, 1.82) is 0 Å². The van der Waals surface area contributed by atoms with Crippen molar-refractivity contribution in [2.24, 2.45) is 11.7 Å². The van der Waals surface area contributed by atoms with Gasteiger partial charge in [0, 0.05) is 31.5 Å². The molecule has 1 atom stereocenters. The Morgan fingerprint density at radius 3 is 2.67 bits per heavy atom. The number of nitrogens with zero attached hydrogens (tertiary/aromatic N) is 2. The van der Waals surface area contributed by atoms with Crippen LogP contribution >= 0.6 is 24.8 Å². The second-order valence-corrected chi connectivity index (χ2v) is 4.73. The quantitative estimate of drug-likeness (QED) is 0.873. The number of rotatable bonds is 6. The van der Waals surface area contributed by atoms with Crippen molar-refractivity contribution in [2.45, 2.75) is 25.3 Å². The van der Waals surface area contributed by atoms with Gasteiger partial charge in [-0.25, -0.2) is 0 Å². The van der Waals surface area contributed by atoms with Crippen LogP contribution in [0.15, 0.2) is 24.5 Å². The van der Waals surface area contributed by atoms with Crippen molar-refractivity contribution in [3.05, 3.63) is 30.1 Å². The topological polar surface area (TPSA) is 42.2 Å². The van der Waals surface area contributed by atoms with Crippen molar-refractivity contribution in [3.8, 4) is 0 Å². The number of likely N-dealkylation sites (N-methyl/N-ethyl adjacent to an activating group) is 1. The second-order valence-electron chi connectivity index (χ2n) is 4.73. The van der Waals surface area contributed by atoms with Crippen LogP contribution in [-0.2, 0) is 6.42 Å². The summed E-state index contributed by atoms with van der Waals surface area (Å²) in [5, 5.41) is 0. The van der Waals surface area contributed by atoms with E-state index in [1.807, 2.05) is 18.5 Å². The van der Waals surface area contributed by atoms with Gasteiger partial charge >= 0.3 is 0 Å². The van der Waals surface area contributed by atoms with Gasteiger partial charge in [0.25, 0.3) is 0 Å². The monoisotopic (exact) mass is 291 g/mol. The first kappa shape index (κ1) is 17.6. The number of nitrogens with two attached hydrogens (primary N) is 1. The molecule has 0 aromatic carbocycles. The molecule has 1 fully saturated rings. The average Bonchev–Trinajstić information content (AvgIpc) is 3.13. The van der Waals surface area contributed by atoms with Crippen molar-refractivity contribution in [1.82, 2.24) is 9.88 Å². The summed E-state index contributed by atoms with van der Waals surface area (Å²) >= 11 is 0. The van der Waals surface area contributed by atoms with E-state index in [2.05, 4.69) is 23.0 Å². The molecule has 0 radical (unpaired) electrons. The Morgan fingerprint density at radius 2 is 2.17 bits per heavy atom. The van der Waals surface area contributed by atoms with Crippen LogP contribution in [0.2, 0.25) is 0 Å². The van der Waals surface area contributed by atoms with Gasteiger partial charge in [-0.1, -0.05) is 6.07 Å². The van der Waals surface area contributed by atoms with E-state index in [9.17, 15) is 0 Å². The van der Waals surface area contributed by atoms with Gasteiger partial charge in [0.2, 0.25) is 0 Å². The summed E-state index contributed by atoms with van der Waals surface area (Å²) in [6.45, 7) is 1.86. The van der Waals surface area contributed by atoms with Crippen LogP contribution in [0.1, 0.15) is 18.4 Å². The van der Waals surface area contributed by atoms with Gasteiger partial charge < -0.3 is 10.6 Å². The number of hydrogen-bond donors (Lipinski definition) is 1. The predicted molar refractivity (Wildman–Crippen MR) is 80.6 cm³/mol. The fourth-order valence-electron chi connectivity index (χ4n) is 2.23. The maximum absolute atomic E-state index is 5.83. The molecule has 0 saturated heterocycles. The molecule has 1 unspecified atom stereocenters. The molecule has 0 amide bonds. The van der Waals surface area contributed by atoms with Crippen LogP contribution in [0, 0.1) is 5.92 Å². The lowest BCUT2D eigenvalue weighted by atomic mass is 10.1. The SMILES string of the molecule is CN(CCc1cccnc1)C(CN)C1CC1.Cl.Cl. The van der Waals surface area contributed by atoms with E-state index in [0.717, 1.165) is 25.4 Å². The van der Waals surface area contributed by atoms with Crippen molar-refractivity contribution < 1.29 is 0 Å². The Bertz CT molecular complexity index is 317. The van der Waals surface area contributed by atoms with Gasteiger partial charge in [-0.3, -0.25) is 4.98 Å². The molecule has 1 aromatic heterocycles. The highest BCUT2D eigenvalue weighted by molar-refractivity contribution is 5.85. The Hall–Kier alpha value is -0.350. The van der Waals surface area contributed by atoms with E-state index in [0.29, 0.717) is 6.04 Å². The number of aromatic nitrogens is 1. The Labute approximate surface area is 122 Å². The molecule has 1 aromatic rings. The molecule has 1 aliphatic carbocycles. The Morgan fingerprint density at radius 1 is 1.44 bits per heavy atom. The first-order valence-corrected chi connectivity index (χ1v) is 6.10. The first-order valence-electron chi connectivity index (χ1n) is 6.10. The van der Waals surface area contributed by atoms with Gasteiger partial charge in [0.15, 0.2) is 0 Å². The molecule has 1 heterocycles. The van der Waals surface area contributed by atoms with Gasteiger partial charge in [-0.05, 0) is 43.9 Å². The summed E-state index contributed by atoms with van der Waals surface area (Å²) in [5.41, 5.74) is 7.14. The highest BCUT2D eigenvalue weighted by atomic mass is 35.5. The minimum absolute atomic E-state index is 0. The van der Waals surface area contributed by atoms with E-state index < -0.39 is 0 Å². The molecule has 0 spiro atoms.